The zero-order chi connectivity index (χ0) is 12.6. The number of aryl methyl sites for hydroxylation is 1. The van der Waals surface area contributed by atoms with Crippen LogP contribution in [0.1, 0.15) is 22.3 Å². The van der Waals surface area contributed by atoms with Gasteiger partial charge in [-0.1, -0.05) is 31.9 Å². The van der Waals surface area contributed by atoms with E-state index in [1.54, 1.807) is 11.0 Å². The number of amides is 1. The van der Waals surface area contributed by atoms with Crippen molar-refractivity contribution in [2.75, 3.05) is 16.8 Å². The van der Waals surface area contributed by atoms with Crippen LogP contribution in [0.2, 0.25) is 0 Å². The van der Waals surface area contributed by atoms with E-state index < -0.39 is 11.7 Å². The summed E-state index contributed by atoms with van der Waals surface area (Å²) in [6.45, 7) is 2.49. The molecule has 0 aliphatic carbocycles. The molecule has 17 heavy (non-hydrogen) atoms. The first-order chi connectivity index (χ1) is 8.06. The molecule has 90 valence electrons. The molecule has 0 saturated heterocycles. The van der Waals surface area contributed by atoms with Crippen molar-refractivity contribution in [3.63, 3.8) is 0 Å². The summed E-state index contributed by atoms with van der Waals surface area (Å²) in [6.07, 6.45) is 0.827. The lowest BCUT2D eigenvalue weighted by molar-refractivity contribution is -0.114. The number of rotatable bonds is 3. The molecule has 0 spiro atoms. The predicted molar refractivity (Wildman–Crippen MR) is 74.0 cm³/mol. The zero-order valence-electron chi connectivity index (χ0n) is 9.30. The molecular weight excluding hydrogens is 350 g/mol. The van der Waals surface area contributed by atoms with Gasteiger partial charge in [0.1, 0.15) is 0 Å². The maximum atomic E-state index is 11.9. The molecule has 0 fully saturated rings. The van der Waals surface area contributed by atoms with E-state index in [1.807, 2.05) is 13.0 Å². The van der Waals surface area contributed by atoms with Gasteiger partial charge in [0.05, 0.1) is 11.3 Å². The van der Waals surface area contributed by atoms with Gasteiger partial charge in [0.15, 0.2) is 0 Å². The Labute approximate surface area is 116 Å². The number of anilines is 1. The van der Waals surface area contributed by atoms with Crippen molar-refractivity contribution in [1.82, 2.24) is 0 Å². The van der Waals surface area contributed by atoms with Crippen LogP contribution in [-0.2, 0) is 4.79 Å². The summed E-state index contributed by atoms with van der Waals surface area (Å²) in [7, 11) is 0. The Morgan fingerprint density at radius 2 is 2.00 bits per heavy atom. The molecule has 1 aromatic carbocycles. The van der Waals surface area contributed by atoms with Gasteiger partial charge in [-0.15, -0.1) is 0 Å². The van der Waals surface area contributed by atoms with Crippen LogP contribution in [0.15, 0.2) is 16.6 Å². The molecule has 0 radical (unpaired) electrons. The summed E-state index contributed by atoms with van der Waals surface area (Å²) < 4.78 is 0.831. The Kier molecular flexibility index (Phi) is 3.68. The lowest BCUT2D eigenvalue weighted by Crippen LogP contribution is -2.31. The topological polar surface area (TPSA) is 37.4 Å². The van der Waals surface area contributed by atoms with Gasteiger partial charge < -0.3 is 4.90 Å². The maximum absolute atomic E-state index is 11.9. The molecule has 5 heteroatoms. The van der Waals surface area contributed by atoms with Gasteiger partial charge in [0.25, 0.3) is 11.7 Å². The van der Waals surface area contributed by atoms with Gasteiger partial charge in [-0.25, -0.2) is 0 Å². The molecule has 0 unspecified atom stereocenters. The fourth-order valence-corrected chi connectivity index (χ4v) is 2.86. The number of hydrogen-bond donors (Lipinski definition) is 0. The number of alkyl halides is 1. The number of nitrogens with zero attached hydrogens (tertiary/aromatic N) is 1. The van der Waals surface area contributed by atoms with Gasteiger partial charge in [0.2, 0.25) is 0 Å². The second-order valence-corrected chi connectivity index (χ2v) is 5.66. The van der Waals surface area contributed by atoms with Crippen molar-refractivity contribution in [2.45, 2.75) is 13.3 Å². The van der Waals surface area contributed by atoms with Crippen LogP contribution in [0.3, 0.4) is 0 Å². The number of halogens is 2. The quantitative estimate of drug-likeness (QED) is 0.613. The third kappa shape index (κ3) is 2.18. The summed E-state index contributed by atoms with van der Waals surface area (Å²) >= 11 is 6.68. The van der Waals surface area contributed by atoms with Crippen molar-refractivity contribution >= 4 is 49.2 Å². The largest absolute Gasteiger partial charge is 0.304 e. The van der Waals surface area contributed by atoms with E-state index in [1.165, 1.54) is 0 Å². The molecule has 2 rings (SSSR count). The maximum Gasteiger partial charge on any atom is 0.299 e. The van der Waals surface area contributed by atoms with Gasteiger partial charge >= 0.3 is 0 Å². The Morgan fingerprint density at radius 3 is 2.65 bits per heavy atom. The van der Waals surface area contributed by atoms with Gasteiger partial charge in [-0.2, -0.15) is 0 Å². The van der Waals surface area contributed by atoms with Crippen LogP contribution in [-0.4, -0.2) is 23.6 Å². The van der Waals surface area contributed by atoms with Crippen molar-refractivity contribution in [3.8, 4) is 0 Å². The van der Waals surface area contributed by atoms with Crippen LogP contribution >= 0.6 is 31.9 Å². The summed E-state index contributed by atoms with van der Waals surface area (Å²) in [5, 5.41) is 0.815. The fourth-order valence-electron chi connectivity index (χ4n) is 2.04. The van der Waals surface area contributed by atoms with Crippen molar-refractivity contribution < 1.29 is 9.59 Å². The molecule has 0 aromatic heterocycles. The van der Waals surface area contributed by atoms with Crippen LogP contribution in [0.5, 0.6) is 0 Å². The first-order valence-corrected chi connectivity index (χ1v) is 7.20. The highest BCUT2D eigenvalue weighted by Crippen LogP contribution is 2.34. The second-order valence-electron chi connectivity index (χ2n) is 3.95. The van der Waals surface area contributed by atoms with Gasteiger partial charge in [0, 0.05) is 16.3 Å². The van der Waals surface area contributed by atoms with E-state index in [9.17, 15) is 9.59 Å². The fraction of sp³-hybridized carbons (Fsp3) is 0.333. The van der Waals surface area contributed by atoms with E-state index in [-0.39, 0.29) is 0 Å². The van der Waals surface area contributed by atoms with Crippen molar-refractivity contribution in [2.24, 2.45) is 0 Å². The molecule has 0 saturated carbocycles. The number of fused-ring (bicyclic) bond motifs is 1. The Bertz CT molecular complexity index is 500. The number of Topliss-reactive ketones (excluding diaryl/α,β-unsaturated/α-hetero) is 1. The highest BCUT2D eigenvalue weighted by molar-refractivity contribution is 9.10. The monoisotopic (exact) mass is 359 g/mol. The van der Waals surface area contributed by atoms with E-state index in [0.717, 1.165) is 27.5 Å². The SMILES string of the molecule is Cc1cc(Br)cc2c1N(CCCBr)C(=O)C2=O. The van der Waals surface area contributed by atoms with E-state index >= 15 is 0 Å². The van der Waals surface area contributed by atoms with Gasteiger partial charge in [-0.05, 0) is 31.0 Å². The molecule has 0 N–H and O–H groups in total. The number of benzene rings is 1. The normalized spacial score (nSPS) is 14.4. The minimum Gasteiger partial charge on any atom is -0.304 e. The average Bonchev–Trinajstić information content (AvgIpc) is 2.51. The van der Waals surface area contributed by atoms with E-state index in [2.05, 4.69) is 31.9 Å². The smallest absolute Gasteiger partial charge is 0.299 e. The van der Waals surface area contributed by atoms with E-state index in [4.69, 9.17) is 0 Å². The second kappa shape index (κ2) is 4.90. The number of ketones is 1. The first-order valence-electron chi connectivity index (χ1n) is 5.28. The van der Waals surface area contributed by atoms with Crippen molar-refractivity contribution in [1.29, 1.82) is 0 Å². The Morgan fingerprint density at radius 1 is 1.29 bits per heavy atom. The summed E-state index contributed by atoms with van der Waals surface area (Å²) in [6, 6.07) is 3.64. The van der Waals surface area contributed by atoms with Crippen LogP contribution in [0.25, 0.3) is 0 Å². The molecule has 1 heterocycles. The standard InChI is InChI=1S/C12H11Br2NO2/c1-7-5-8(14)6-9-10(7)15(4-2-3-13)12(17)11(9)16/h5-6H,2-4H2,1H3. The molecule has 1 aliphatic heterocycles. The number of hydrogen-bond acceptors (Lipinski definition) is 2. The van der Waals surface area contributed by atoms with Gasteiger partial charge in [-0.3, -0.25) is 9.59 Å². The lowest BCUT2D eigenvalue weighted by Gasteiger charge is -2.17. The van der Waals surface area contributed by atoms with Crippen LogP contribution < -0.4 is 4.90 Å². The Balaban J connectivity index is 2.48. The molecule has 1 amide bonds. The number of carbonyl (C=O) groups excluding carboxylic acids is 2. The first kappa shape index (κ1) is 12.8. The summed E-state index contributed by atoms with van der Waals surface area (Å²) in [4.78, 5) is 25.3. The lowest BCUT2D eigenvalue weighted by atomic mass is 10.1. The number of carbonyl (C=O) groups is 2. The summed E-state index contributed by atoms with van der Waals surface area (Å²) in [5.41, 5.74) is 2.23. The van der Waals surface area contributed by atoms with E-state index in [0.29, 0.717) is 12.1 Å². The molecule has 0 bridgehead atoms. The van der Waals surface area contributed by atoms with Crippen LogP contribution in [0, 0.1) is 6.92 Å². The Hall–Kier alpha value is -0.680. The molecule has 1 aliphatic rings. The average molecular weight is 361 g/mol. The highest BCUT2D eigenvalue weighted by Gasteiger charge is 2.36. The summed E-state index contributed by atoms with van der Waals surface area (Å²) in [5.74, 6) is -0.818. The highest BCUT2D eigenvalue weighted by atomic mass is 79.9. The molecule has 0 atom stereocenters. The predicted octanol–water partition coefficient (Wildman–Crippen LogP) is 3.07. The van der Waals surface area contributed by atoms with Crippen LogP contribution in [0.4, 0.5) is 5.69 Å². The minimum absolute atomic E-state index is 0.404. The molecular formula is C12H11Br2NO2. The molecule has 3 nitrogen and oxygen atoms in total. The van der Waals surface area contributed by atoms with Crippen molar-refractivity contribution in [3.05, 3.63) is 27.7 Å². The minimum atomic E-state index is -0.415. The molecule has 1 aromatic rings. The third-order valence-electron chi connectivity index (χ3n) is 2.73. The zero-order valence-corrected chi connectivity index (χ0v) is 12.5. The third-order valence-corrected chi connectivity index (χ3v) is 3.75.